The molecule has 1 amide bonds. The van der Waals surface area contributed by atoms with Gasteiger partial charge in [0.05, 0.1) is 5.92 Å². The molecule has 18 heavy (non-hydrogen) atoms. The number of nitrogens with zero attached hydrogens (tertiary/aromatic N) is 2. The lowest BCUT2D eigenvalue weighted by molar-refractivity contribution is -0.140. The number of nitrogens with one attached hydrogen (secondary N) is 1. The van der Waals surface area contributed by atoms with Crippen LogP contribution in [0, 0.1) is 5.92 Å². The molecule has 2 aromatic rings. The largest absolute Gasteiger partial charge is 0.481 e. The molecule has 0 spiro atoms. The maximum Gasteiger partial charge on any atom is 0.308 e. The normalized spacial score (nSPS) is 12.3. The molecule has 1 atom stereocenters. The number of hydrogen-bond acceptors (Lipinski definition) is 5. The molecule has 1 aromatic carbocycles. The van der Waals surface area contributed by atoms with Crippen molar-refractivity contribution in [3.05, 3.63) is 23.8 Å². The second-order valence-electron chi connectivity index (χ2n) is 3.92. The van der Waals surface area contributed by atoms with E-state index in [-0.39, 0.29) is 12.5 Å². The first kappa shape index (κ1) is 12.0. The Hall–Kier alpha value is -2.44. The smallest absolute Gasteiger partial charge is 0.308 e. The number of benzene rings is 1. The summed E-state index contributed by atoms with van der Waals surface area (Å²) in [6, 6.07) is 4.72. The number of carbonyl (C=O) groups is 2. The molecule has 1 heterocycles. The molecule has 2 rings (SSSR count). The third kappa shape index (κ3) is 2.45. The number of aromatic nitrogens is 2. The molecule has 0 saturated heterocycles. The monoisotopic (exact) mass is 249 g/mol. The van der Waals surface area contributed by atoms with Crippen LogP contribution in [0.1, 0.15) is 17.3 Å². The molecule has 0 aliphatic carbocycles. The van der Waals surface area contributed by atoms with Gasteiger partial charge in [-0.15, -0.1) is 0 Å². The minimum absolute atomic E-state index is 0.0727. The highest BCUT2D eigenvalue weighted by Gasteiger charge is 2.13. The maximum atomic E-state index is 11.8. The van der Waals surface area contributed by atoms with Crippen LogP contribution >= 0.6 is 0 Å². The van der Waals surface area contributed by atoms with Gasteiger partial charge in [0, 0.05) is 12.1 Å². The molecule has 0 aliphatic heterocycles. The van der Waals surface area contributed by atoms with Gasteiger partial charge in [-0.05, 0) is 28.5 Å². The Morgan fingerprint density at radius 2 is 2.11 bits per heavy atom. The summed E-state index contributed by atoms with van der Waals surface area (Å²) in [4.78, 5) is 22.4. The molecule has 0 saturated carbocycles. The van der Waals surface area contributed by atoms with E-state index in [9.17, 15) is 9.59 Å². The predicted molar refractivity (Wildman–Crippen MR) is 60.9 cm³/mol. The molecular formula is C11H11N3O4. The molecule has 1 aromatic heterocycles. The van der Waals surface area contributed by atoms with E-state index in [0.29, 0.717) is 16.6 Å². The quantitative estimate of drug-likeness (QED) is 0.825. The summed E-state index contributed by atoms with van der Waals surface area (Å²) in [6.45, 7) is 1.59. The predicted octanol–water partition coefficient (Wildman–Crippen LogP) is 0.673. The zero-order valence-electron chi connectivity index (χ0n) is 9.58. The average molecular weight is 249 g/mol. The van der Waals surface area contributed by atoms with Gasteiger partial charge in [0.2, 0.25) is 0 Å². The van der Waals surface area contributed by atoms with Crippen molar-refractivity contribution in [2.24, 2.45) is 5.92 Å². The van der Waals surface area contributed by atoms with Crippen LogP contribution in [0.15, 0.2) is 22.8 Å². The fraction of sp³-hybridized carbons (Fsp3) is 0.273. The number of amides is 1. The standard InChI is InChI=1S/C11H11N3O4/c1-6(11(16)17)5-12-10(15)7-2-3-8-9(4-7)14-18-13-8/h2-4,6H,5H2,1H3,(H,12,15)(H,16,17)/t6-/m0/s1. The van der Waals surface area contributed by atoms with Gasteiger partial charge in [0.1, 0.15) is 11.0 Å². The number of hydrogen-bond donors (Lipinski definition) is 2. The highest BCUT2D eigenvalue weighted by molar-refractivity contribution is 5.97. The van der Waals surface area contributed by atoms with E-state index in [0.717, 1.165) is 0 Å². The van der Waals surface area contributed by atoms with E-state index in [2.05, 4.69) is 20.3 Å². The van der Waals surface area contributed by atoms with Gasteiger partial charge in [-0.2, -0.15) is 0 Å². The average Bonchev–Trinajstić information content (AvgIpc) is 2.82. The van der Waals surface area contributed by atoms with Crippen molar-refractivity contribution in [1.82, 2.24) is 15.6 Å². The minimum atomic E-state index is -0.952. The number of rotatable bonds is 4. The van der Waals surface area contributed by atoms with E-state index in [4.69, 9.17) is 5.11 Å². The lowest BCUT2D eigenvalue weighted by atomic mass is 10.1. The van der Waals surface area contributed by atoms with Crippen LogP contribution in [0.4, 0.5) is 0 Å². The molecule has 0 aliphatic rings. The van der Waals surface area contributed by atoms with Crippen LogP contribution in [0.5, 0.6) is 0 Å². The molecule has 7 heteroatoms. The van der Waals surface area contributed by atoms with Gasteiger partial charge < -0.3 is 10.4 Å². The van der Waals surface area contributed by atoms with Gasteiger partial charge in [0.15, 0.2) is 0 Å². The van der Waals surface area contributed by atoms with Crippen molar-refractivity contribution in [2.45, 2.75) is 6.92 Å². The van der Waals surface area contributed by atoms with E-state index >= 15 is 0 Å². The molecular weight excluding hydrogens is 238 g/mol. The molecule has 7 nitrogen and oxygen atoms in total. The highest BCUT2D eigenvalue weighted by atomic mass is 16.6. The number of fused-ring (bicyclic) bond motifs is 1. The number of carboxylic acid groups (broad SMARTS) is 1. The molecule has 0 fully saturated rings. The molecule has 0 radical (unpaired) electrons. The maximum absolute atomic E-state index is 11.8. The fourth-order valence-corrected chi connectivity index (χ4v) is 1.36. The summed E-state index contributed by atoms with van der Waals surface area (Å²) < 4.78 is 4.52. The van der Waals surface area contributed by atoms with Crippen molar-refractivity contribution in [3.8, 4) is 0 Å². The molecule has 94 valence electrons. The van der Waals surface area contributed by atoms with Crippen molar-refractivity contribution in [2.75, 3.05) is 6.54 Å². The summed E-state index contributed by atoms with van der Waals surface area (Å²) >= 11 is 0. The Balaban J connectivity index is 2.06. The lowest BCUT2D eigenvalue weighted by Crippen LogP contribution is -2.31. The van der Waals surface area contributed by atoms with E-state index < -0.39 is 11.9 Å². The highest BCUT2D eigenvalue weighted by Crippen LogP contribution is 2.11. The zero-order valence-corrected chi connectivity index (χ0v) is 9.58. The zero-order chi connectivity index (χ0) is 13.1. The summed E-state index contributed by atoms with van der Waals surface area (Å²) in [5.41, 5.74) is 1.43. The Labute approximate surface area is 102 Å². The Morgan fingerprint density at radius 3 is 2.83 bits per heavy atom. The van der Waals surface area contributed by atoms with E-state index in [1.54, 1.807) is 12.1 Å². The summed E-state index contributed by atoms with van der Waals surface area (Å²) in [5, 5.41) is 18.5. The first-order chi connectivity index (χ1) is 8.58. The summed E-state index contributed by atoms with van der Waals surface area (Å²) in [7, 11) is 0. The Bertz CT molecular complexity index is 593. The van der Waals surface area contributed by atoms with Gasteiger partial charge in [-0.1, -0.05) is 6.92 Å². The lowest BCUT2D eigenvalue weighted by Gasteiger charge is -2.08. The third-order valence-electron chi connectivity index (χ3n) is 2.51. The van der Waals surface area contributed by atoms with Crippen molar-refractivity contribution in [1.29, 1.82) is 0 Å². The Morgan fingerprint density at radius 1 is 1.39 bits per heavy atom. The third-order valence-corrected chi connectivity index (χ3v) is 2.51. The van der Waals surface area contributed by atoms with Crippen LogP contribution < -0.4 is 5.32 Å². The number of aliphatic carboxylic acids is 1. The van der Waals surface area contributed by atoms with Gasteiger partial charge in [0.25, 0.3) is 5.91 Å². The SMILES string of the molecule is C[C@@H](CNC(=O)c1ccc2nonc2c1)C(=O)O. The van der Waals surface area contributed by atoms with E-state index in [1.165, 1.54) is 13.0 Å². The van der Waals surface area contributed by atoms with Crippen molar-refractivity contribution < 1.29 is 19.3 Å². The first-order valence-corrected chi connectivity index (χ1v) is 5.31. The van der Waals surface area contributed by atoms with E-state index in [1.807, 2.05) is 0 Å². The topological polar surface area (TPSA) is 105 Å². The van der Waals surface area contributed by atoms with Crippen LogP contribution in [-0.4, -0.2) is 33.8 Å². The first-order valence-electron chi connectivity index (χ1n) is 5.31. The van der Waals surface area contributed by atoms with Gasteiger partial charge in [-0.3, -0.25) is 9.59 Å². The van der Waals surface area contributed by atoms with Crippen molar-refractivity contribution in [3.63, 3.8) is 0 Å². The Kier molecular flexibility index (Phi) is 3.22. The van der Waals surface area contributed by atoms with Crippen LogP contribution in [0.25, 0.3) is 11.0 Å². The fourth-order valence-electron chi connectivity index (χ4n) is 1.36. The van der Waals surface area contributed by atoms with Crippen LogP contribution in [0.3, 0.4) is 0 Å². The summed E-state index contributed by atoms with van der Waals surface area (Å²) in [5.74, 6) is -1.94. The number of carbonyl (C=O) groups excluding carboxylic acids is 1. The second-order valence-corrected chi connectivity index (χ2v) is 3.92. The summed E-state index contributed by atoms with van der Waals surface area (Å²) in [6.07, 6.45) is 0. The molecule has 0 unspecified atom stereocenters. The van der Waals surface area contributed by atoms with Crippen molar-refractivity contribution >= 4 is 22.9 Å². The minimum Gasteiger partial charge on any atom is -0.481 e. The molecule has 0 bridgehead atoms. The van der Waals surface area contributed by atoms with Crippen LogP contribution in [0.2, 0.25) is 0 Å². The van der Waals surface area contributed by atoms with Crippen LogP contribution in [-0.2, 0) is 4.79 Å². The number of carboxylic acids is 1. The molecule has 2 N–H and O–H groups in total. The van der Waals surface area contributed by atoms with Gasteiger partial charge >= 0.3 is 5.97 Å². The second kappa shape index (κ2) is 4.82. The van der Waals surface area contributed by atoms with Gasteiger partial charge in [-0.25, -0.2) is 4.63 Å².